The molecule has 1 N–H and O–H groups in total. The van der Waals surface area contributed by atoms with E-state index in [1.54, 1.807) is 13.0 Å². The monoisotopic (exact) mass is 541 g/mol. The smallest absolute Gasteiger partial charge is 0.252 e. The predicted molar refractivity (Wildman–Crippen MR) is 153 cm³/mol. The fourth-order valence-corrected chi connectivity index (χ4v) is 6.73. The van der Waals surface area contributed by atoms with E-state index in [1.807, 2.05) is 0 Å². The first-order valence-corrected chi connectivity index (χ1v) is 17.0. The first-order valence-electron chi connectivity index (χ1n) is 15.3. The molecule has 2 amide bonds. The minimum Gasteiger partial charge on any atom is -0.392 e. The summed E-state index contributed by atoms with van der Waals surface area (Å²) in [6.07, 6.45) is 26.9. The molecule has 6 nitrogen and oxygen atoms in total. The van der Waals surface area contributed by atoms with E-state index in [0.29, 0.717) is 0 Å². The number of carbonyl (C=O) groups excluding carboxylic acids is 2. The predicted octanol–water partition coefficient (Wildman–Crippen LogP) is 7.25. The zero-order valence-corrected chi connectivity index (χ0v) is 24.6. The number of carbonyl (C=O) groups is 2. The Kier molecular flexibility index (Phi) is 18.9. The average Bonchev–Trinajstić information content (AvgIpc) is 3.16. The standard InChI is InChI=1S/C30H55NO5S/c1-3-5-6-7-8-9-10-11-12-13-14-15-16-17-18-19-20-21-22-23-24-31-29(33)25-28(30(31)34)37(35,36)26-27(32)4-2/h23-24,27-28,32H,3-22,25-26H2,1-2H3. The summed E-state index contributed by atoms with van der Waals surface area (Å²) < 4.78 is 24.8. The van der Waals surface area contributed by atoms with E-state index in [2.05, 4.69) is 6.92 Å². The van der Waals surface area contributed by atoms with Gasteiger partial charge < -0.3 is 5.11 Å². The van der Waals surface area contributed by atoms with Crippen molar-refractivity contribution in [2.45, 2.75) is 160 Å². The Hall–Kier alpha value is -1.21. The van der Waals surface area contributed by atoms with Crippen LogP contribution in [0.15, 0.2) is 12.3 Å². The van der Waals surface area contributed by atoms with Crippen molar-refractivity contribution in [3.05, 3.63) is 12.3 Å². The Morgan fingerprint density at radius 1 is 0.784 bits per heavy atom. The van der Waals surface area contributed by atoms with Crippen LogP contribution in [0.3, 0.4) is 0 Å². The lowest BCUT2D eigenvalue weighted by Crippen LogP contribution is -2.36. The molecular weight excluding hydrogens is 486 g/mol. The fourth-order valence-electron chi connectivity index (χ4n) is 4.91. The first kappa shape index (κ1) is 33.8. The summed E-state index contributed by atoms with van der Waals surface area (Å²) in [5, 5.41) is 8.29. The number of aliphatic hydroxyl groups is 1. The summed E-state index contributed by atoms with van der Waals surface area (Å²) in [4.78, 5) is 25.6. The Bertz CT molecular complexity index is 749. The molecule has 216 valence electrons. The number of allylic oxidation sites excluding steroid dienone is 1. The topological polar surface area (TPSA) is 91.8 Å². The van der Waals surface area contributed by atoms with Crippen molar-refractivity contribution in [1.82, 2.24) is 4.90 Å². The number of amides is 2. The maximum absolute atomic E-state index is 12.5. The molecule has 2 unspecified atom stereocenters. The maximum Gasteiger partial charge on any atom is 0.252 e. The van der Waals surface area contributed by atoms with E-state index in [-0.39, 0.29) is 12.8 Å². The van der Waals surface area contributed by atoms with Gasteiger partial charge in [-0.25, -0.2) is 8.42 Å². The van der Waals surface area contributed by atoms with E-state index in [9.17, 15) is 23.1 Å². The summed E-state index contributed by atoms with van der Waals surface area (Å²) >= 11 is 0. The van der Waals surface area contributed by atoms with Gasteiger partial charge in [-0.1, -0.05) is 129 Å². The summed E-state index contributed by atoms with van der Waals surface area (Å²) in [5.41, 5.74) is 0. The van der Waals surface area contributed by atoms with Crippen molar-refractivity contribution in [2.75, 3.05) is 5.75 Å². The SMILES string of the molecule is CCCCCCCCCCCCCCCCCCCCC=CN1C(=O)CC(S(=O)(=O)CC(O)CC)C1=O. The maximum atomic E-state index is 12.5. The van der Waals surface area contributed by atoms with Crippen LogP contribution in [0.4, 0.5) is 0 Å². The molecule has 0 radical (unpaired) electrons. The zero-order chi connectivity index (χ0) is 27.4. The fraction of sp³-hybridized carbons (Fsp3) is 0.867. The second-order valence-electron chi connectivity index (χ2n) is 10.9. The molecule has 0 aromatic rings. The van der Waals surface area contributed by atoms with Gasteiger partial charge in [-0.05, 0) is 19.3 Å². The van der Waals surface area contributed by atoms with Crippen molar-refractivity contribution in [3.63, 3.8) is 0 Å². The largest absolute Gasteiger partial charge is 0.392 e. The lowest BCUT2D eigenvalue weighted by molar-refractivity contribution is -0.135. The summed E-state index contributed by atoms with van der Waals surface area (Å²) in [6.45, 7) is 3.95. The van der Waals surface area contributed by atoms with Gasteiger partial charge in [0.25, 0.3) is 5.91 Å². The van der Waals surface area contributed by atoms with E-state index < -0.39 is 38.8 Å². The van der Waals surface area contributed by atoms with Crippen molar-refractivity contribution in [1.29, 1.82) is 0 Å². The quantitative estimate of drug-likeness (QED) is 0.103. The second-order valence-corrected chi connectivity index (χ2v) is 13.1. The number of hydrogen-bond donors (Lipinski definition) is 1. The molecule has 0 bridgehead atoms. The number of unbranched alkanes of at least 4 members (excludes halogenated alkanes) is 18. The van der Waals surface area contributed by atoms with Gasteiger partial charge in [0.15, 0.2) is 9.84 Å². The highest BCUT2D eigenvalue weighted by Gasteiger charge is 2.45. The highest BCUT2D eigenvalue weighted by molar-refractivity contribution is 7.92. The van der Waals surface area contributed by atoms with Gasteiger partial charge in [0, 0.05) is 6.20 Å². The van der Waals surface area contributed by atoms with Gasteiger partial charge in [0.05, 0.1) is 18.3 Å². The van der Waals surface area contributed by atoms with E-state index >= 15 is 0 Å². The third kappa shape index (κ3) is 15.1. The summed E-state index contributed by atoms with van der Waals surface area (Å²) in [7, 11) is -3.85. The van der Waals surface area contributed by atoms with Crippen LogP contribution in [0.5, 0.6) is 0 Å². The highest BCUT2D eigenvalue weighted by Crippen LogP contribution is 2.22. The van der Waals surface area contributed by atoms with Crippen molar-refractivity contribution in [3.8, 4) is 0 Å². The Morgan fingerprint density at radius 3 is 1.65 bits per heavy atom. The second kappa shape index (κ2) is 20.7. The molecule has 0 aromatic heterocycles. The molecular formula is C30H55NO5S. The molecule has 1 saturated heterocycles. The lowest BCUT2D eigenvalue weighted by atomic mass is 10.0. The lowest BCUT2D eigenvalue weighted by Gasteiger charge is -2.13. The molecule has 0 aromatic carbocycles. The van der Waals surface area contributed by atoms with Gasteiger partial charge >= 0.3 is 0 Å². The normalized spacial score (nSPS) is 17.4. The molecule has 0 spiro atoms. The molecule has 0 aliphatic carbocycles. The molecule has 1 aliphatic rings. The van der Waals surface area contributed by atoms with Crippen molar-refractivity contribution in [2.24, 2.45) is 0 Å². The number of sulfone groups is 1. The molecule has 0 saturated carbocycles. The van der Waals surface area contributed by atoms with Crippen LogP contribution < -0.4 is 0 Å². The molecule has 1 aliphatic heterocycles. The number of hydrogen-bond acceptors (Lipinski definition) is 5. The minimum absolute atomic E-state index is 0.289. The van der Waals surface area contributed by atoms with E-state index in [1.165, 1.54) is 109 Å². The van der Waals surface area contributed by atoms with Crippen LogP contribution in [0, 0.1) is 0 Å². The van der Waals surface area contributed by atoms with E-state index in [0.717, 1.165) is 24.2 Å². The molecule has 7 heteroatoms. The zero-order valence-electron chi connectivity index (χ0n) is 23.8. The van der Waals surface area contributed by atoms with Gasteiger partial charge in [0.1, 0.15) is 5.25 Å². The number of nitrogens with zero attached hydrogens (tertiary/aromatic N) is 1. The summed E-state index contributed by atoms with van der Waals surface area (Å²) in [6, 6.07) is 0. The average molecular weight is 542 g/mol. The Morgan fingerprint density at radius 2 is 1.22 bits per heavy atom. The van der Waals surface area contributed by atoms with Crippen LogP contribution in [0.2, 0.25) is 0 Å². The first-order chi connectivity index (χ1) is 17.8. The van der Waals surface area contributed by atoms with Crippen LogP contribution in [-0.4, -0.2) is 47.3 Å². The van der Waals surface area contributed by atoms with Gasteiger partial charge in [-0.3, -0.25) is 14.5 Å². The van der Waals surface area contributed by atoms with Crippen LogP contribution in [0.1, 0.15) is 149 Å². The van der Waals surface area contributed by atoms with Gasteiger partial charge in [0.2, 0.25) is 5.91 Å². The molecule has 1 fully saturated rings. The number of aliphatic hydroxyl groups excluding tert-OH is 1. The highest BCUT2D eigenvalue weighted by atomic mass is 32.2. The molecule has 1 heterocycles. The molecule has 1 rings (SSSR count). The van der Waals surface area contributed by atoms with Crippen LogP contribution in [-0.2, 0) is 19.4 Å². The summed E-state index contributed by atoms with van der Waals surface area (Å²) in [5.74, 6) is -1.66. The van der Waals surface area contributed by atoms with Crippen molar-refractivity contribution >= 4 is 21.7 Å². The van der Waals surface area contributed by atoms with Crippen molar-refractivity contribution < 1.29 is 23.1 Å². The third-order valence-electron chi connectivity index (χ3n) is 7.45. The third-order valence-corrected chi connectivity index (χ3v) is 9.53. The minimum atomic E-state index is -3.85. The number of imide groups is 1. The van der Waals surface area contributed by atoms with Crippen LogP contribution in [0.25, 0.3) is 0 Å². The van der Waals surface area contributed by atoms with Gasteiger partial charge in [-0.2, -0.15) is 0 Å². The van der Waals surface area contributed by atoms with E-state index in [4.69, 9.17) is 0 Å². The number of likely N-dealkylation sites (tertiary alicyclic amines) is 1. The van der Waals surface area contributed by atoms with Gasteiger partial charge in [-0.15, -0.1) is 0 Å². The Labute approximate surface area is 227 Å². The number of rotatable bonds is 24. The Balaban J connectivity index is 1.99. The van der Waals surface area contributed by atoms with Crippen LogP contribution >= 0.6 is 0 Å². The molecule has 2 atom stereocenters. The molecule has 37 heavy (non-hydrogen) atoms.